The van der Waals surface area contributed by atoms with Gasteiger partial charge in [-0.05, 0) is 27.2 Å². The third-order valence-electron chi connectivity index (χ3n) is 1.85. The maximum Gasteiger partial charge on any atom is 0.501 e. The zero-order valence-electron chi connectivity index (χ0n) is 10.2. The molecule has 0 heterocycles. The zero-order valence-corrected chi connectivity index (χ0v) is 12.1. The van der Waals surface area contributed by atoms with E-state index in [1.165, 1.54) is 0 Å². The maximum absolute atomic E-state index is 8.53. The molecule has 0 amide bonds. The van der Waals surface area contributed by atoms with E-state index in [2.05, 4.69) is 18.7 Å². The van der Waals surface area contributed by atoms with Gasteiger partial charge >= 0.3 is 8.80 Å². The summed E-state index contributed by atoms with van der Waals surface area (Å²) in [5, 5.41) is 8.53. The number of nitrogens with zero attached hydrogens (tertiary/aromatic N) is 1. The molecule has 94 valence electrons. The molecule has 0 aromatic carbocycles. The van der Waals surface area contributed by atoms with Crippen molar-refractivity contribution in [3.63, 3.8) is 0 Å². The second-order valence-electron chi connectivity index (χ2n) is 3.28. The molecule has 16 heavy (non-hydrogen) atoms. The minimum absolute atomic E-state index is 0.216. The molecule has 0 bridgehead atoms. The molecule has 0 radical (unpaired) electrons. The first-order valence-electron chi connectivity index (χ1n) is 5.61. The van der Waals surface area contributed by atoms with Crippen LogP contribution in [0.5, 0.6) is 0 Å². The summed E-state index contributed by atoms with van der Waals surface area (Å²) in [6.07, 6.45) is 1.24. The van der Waals surface area contributed by atoms with Crippen molar-refractivity contribution in [2.75, 3.05) is 13.2 Å². The Kier molecular flexibility index (Phi) is 8.98. The Morgan fingerprint density at radius 3 is 2.25 bits per heavy atom. The molecule has 0 aliphatic heterocycles. The first kappa shape index (κ1) is 15.9. The highest BCUT2D eigenvalue weighted by molar-refractivity contribution is 7.80. The van der Waals surface area contributed by atoms with Crippen molar-refractivity contribution in [1.29, 1.82) is 5.26 Å². The fourth-order valence-electron chi connectivity index (χ4n) is 1.40. The van der Waals surface area contributed by atoms with Gasteiger partial charge in [0.15, 0.2) is 0 Å². The molecule has 0 rings (SSSR count). The Balaban J connectivity index is 4.44. The number of unbranched alkanes of at least 4 members (excludes halogenated alkanes) is 1. The first-order chi connectivity index (χ1) is 7.60. The Labute approximate surface area is 105 Å². The molecule has 0 N–H and O–H groups in total. The standard InChI is InChI=1S/C10H21NO3SSi/c1-4-12-16(13-5-2,14-10(3)15)9-7-6-8-11/h10,15H,4-7,9H2,1-3H3. The van der Waals surface area contributed by atoms with Crippen LogP contribution in [0.15, 0.2) is 0 Å². The zero-order chi connectivity index (χ0) is 12.4. The van der Waals surface area contributed by atoms with Crippen LogP contribution < -0.4 is 0 Å². The van der Waals surface area contributed by atoms with Crippen LogP contribution in [-0.4, -0.2) is 27.5 Å². The number of hydrogen-bond donors (Lipinski definition) is 1. The van der Waals surface area contributed by atoms with E-state index in [1.54, 1.807) is 0 Å². The molecule has 0 saturated carbocycles. The summed E-state index contributed by atoms with van der Waals surface area (Å²) in [6.45, 7) is 6.78. The minimum atomic E-state index is -2.62. The van der Waals surface area contributed by atoms with E-state index >= 15 is 0 Å². The van der Waals surface area contributed by atoms with Gasteiger partial charge in [-0.3, -0.25) is 0 Å². The summed E-state index contributed by atoms with van der Waals surface area (Å²) in [7, 11) is -2.62. The highest BCUT2D eigenvalue weighted by Crippen LogP contribution is 2.21. The largest absolute Gasteiger partial charge is 0.501 e. The van der Waals surface area contributed by atoms with Gasteiger partial charge in [-0.2, -0.15) is 5.26 Å². The average Bonchev–Trinajstić information content (AvgIpc) is 2.17. The van der Waals surface area contributed by atoms with Gasteiger partial charge in [0.25, 0.3) is 0 Å². The molecule has 4 nitrogen and oxygen atoms in total. The van der Waals surface area contributed by atoms with Crippen LogP contribution in [0.1, 0.15) is 33.6 Å². The molecule has 0 aromatic heterocycles. The predicted octanol–water partition coefficient (Wildman–Crippen LogP) is 2.59. The van der Waals surface area contributed by atoms with E-state index in [0.717, 1.165) is 6.42 Å². The van der Waals surface area contributed by atoms with Crippen molar-refractivity contribution in [2.24, 2.45) is 0 Å². The molecule has 0 spiro atoms. The lowest BCUT2D eigenvalue weighted by atomic mass is 10.4. The summed E-state index contributed by atoms with van der Waals surface area (Å²) in [4.78, 5) is 0. The van der Waals surface area contributed by atoms with Gasteiger partial charge in [-0.25, -0.2) is 0 Å². The average molecular weight is 263 g/mol. The molecule has 1 unspecified atom stereocenters. The van der Waals surface area contributed by atoms with Crippen LogP contribution in [0.4, 0.5) is 0 Å². The summed E-state index contributed by atoms with van der Waals surface area (Å²) in [5.74, 6) is 0. The molecule has 0 fully saturated rings. The number of rotatable bonds is 9. The monoisotopic (exact) mass is 263 g/mol. The van der Waals surface area contributed by atoms with Crippen LogP contribution in [0, 0.1) is 11.3 Å². The lowest BCUT2D eigenvalue weighted by Gasteiger charge is -2.30. The van der Waals surface area contributed by atoms with E-state index in [4.69, 9.17) is 18.5 Å². The summed E-state index contributed by atoms with van der Waals surface area (Å²) >= 11 is 4.21. The lowest BCUT2D eigenvalue weighted by molar-refractivity contribution is 0.0629. The molecule has 1 atom stereocenters. The maximum atomic E-state index is 8.53. The van der Waals surface area contributed by atoms with Gasteiger partial charge in [-0.15, -0.1) is 12.6 Å². The fourth-order valence-corrected chi connectivity index (χ4v) is 4.51. The van der Waals surface area contributed by atoms with Crippen molar-refractivity contribution >= 4 is 21.4 Å². The topological polar surface area (TPSA) is 51.5 Å². The fraction of sp³-hybridized carbons (Fsp3) is 0.900. The van der Waals surface area contributed by atoms with Crippen molar-refractivity contribution in [3.05, 3.63) is 0 Å². The second kappa shape index (κ2) is 9.02. The summed E-state index contributed by atoms with van der Waals surface area (Å²) in [6, 6.07) is 2.79. The number of nitriles is 1. The van der Waals surface area contributed by atoms with E-state index < -0.39 is 8.80 Å². The SMILES string of the molecule is CCO[Si](CCCC#N)(OCC)OC(C)S. The third-order valence-corrected chi connectivity index (χ3v) is 5.29. The van der Waals surface area contributed by atoms with E-state index in [-0.39, 0.29) is 5.44 Å². The quantitative estimate of drug-likeness (QED) is 0.301. The molecule has 6 heteroatoms. The van der Waals surface area contributed by atoms with Gasteiger partial charge in [0.1, 0.15) is 0 Å². The smallest absolute Gasteiger partial charge is 0.374 e. The molecule has 0 aliphatic carbocycles. The molecular formula is C10H21NO3SSi. The number of thiol groups is 1. The third kappa shape index (κ3) is 6.50. The van der Waals surface area contributed by atoms with Crippen molar-refractivity contribution < 1.29 is 13.3 Å². The highest BCUT2D eigenvalue weighted by atomic mass is 32.1. The lowest BCUT2D eigenvalue weighted by Crippen LogP contribution is -2.47. The Bertz CT molecular complexity index is 215. The van der Waals surface area contributed by atoms with E-state index in [1.807, 2.05) is 20.8 Å². The van der Waals surface area contributed by atoms with Crippen molar-refractivity contribution in [3.8, 4) is 6.07 Å². The van der Waals surface area contributed by atoms with Crippen molar-refractivity contribution in [2.45, 2.75) is 45.1 Å². The van der Waals surface area contributed by atoms with E-state index in [0.29, 0.717) is 25.7 Å². The molecule has 0 aliphatic rings. The predicted molar refractivity (Wildman–Crippen MR) is 68.2 cm³/mol. The van der Waals surface area contributed by atoms with Crippen LogP contribution in [-0.2, 0) is 13.3 Å². The Hall–Kier alpha value is -0.0631. The van der Waals surface area contributed by atoms with Crippen LogP contribution in [0.2, 0.25) is 6.04 Å². The molecule has 0 saturated heterocycles. The second-order valence-corrected chi connectivity index (χ2v) is 6.68. The Morgan fingerprint density at radius 1 is 1.31 bits per heavy atom. The van der Waals surface area contributed by atoms with Crippen LogP contribution >= 0.6 is 12.6 Å². The molecule has 0 aromatic rings. The molecular weight excluding hydrogens is 242 g/mol. The van der Waals surface area contributed by atoms with Gasteiger partial charge in [-0.1, -0.05) is 0 Å². The Morgan fingerprint density at radius 2 is 1.88 bits per heavy atom. The normalized spacial score (nSPS) is 13.4. The summed E-state index contributed by atoms with van der Waals surface area (Å²) < 4.78 is 17.0. The van der Waals surface area contributed by atoms with Gasteiger partial charge in [0.2, 0.25) is 0 Å². The highest BCUT2D eigenvalue weighted by Gasteiger charge is 2.41. The van der Waals surface area contributed by atoms with Crippen LogP contribution in [0.25, 0.3) is 0 Å². The van der Waals surface area contributed by atoms with Gasteiger partial charge in [0.05, 0.1) is 11.5 Å². The van der Waals surface area contributed by atoms with Gasteiger partial charge in [0, 0.05) is 25.7 Å². The van der Waals surface area contributed by atoms with E-state index in [9.17, 15) is 0 Å². The first-order valence-corrected chi connectivity index (χ1v) is 8.05. The minimum Gasteiger partial charge on any atom is -0.374 e. The summed E-state index contributed by atoms with van der Waals surface area (Å²) in [5.41, 5.74) is -0.216. The van der Waals surface area contributed by atoms with Crippen molar-refractivity contribution in [1.82, 2.24) is 0 Å². The van der Waals surface area contributed by atoms with Gasteiger partial charge < -0.3 is 13.3 Å². The van der Waals surface area contributed by atoms with Crippen LogP contribution in [0.3, 0.4) is 0 Å². The number of hydrogen-bond acceptors (Lipinski definition) is 5.